The predicted octanol–water partition coefficient (Wildman–Crippen LogP) is 2.18. The summed E-state index contributed by atoms with van der Waals surface area (Å²) in [6, 6.07) is 5.27. The van der Waals surface area contributed by atoms with Crippen LogP contribution in [0.4, 0.5) is 6.01 Å². The maximum Gasteiger partial charge on any atom is 0.348 e. The maximum atomic E-state index is 11.7. The summed E-state index contributed by atoms with van der Waals surface area (Å²) in [5.74, 6) is 0.678. The Hall–Kier alpha value is -2.30. The van der Waals surface area contributed by atoms with Crippen molar-refractivity contribution >= 4 is 16.9 Å². The van der Waals surface area contributed by atoms with Crippen LogP contribution in [0.15, 0.2) is 40.1 Å². The molecular weight excluding hydrogens is 232 g/mol. The molecule has 94 valence electrons. The van der Waals surface area contributed by atoms with E-state index >= 15 is 0 Å². The molecule has 0 aliphatic rings. The average molecular weight is 246 g/mol. The topological polar surface area (TPSA) is 64.4 Å². The van der Waals surface area contributed by atoms with Crippen LogP contribution in [0.3, 0.4) is 0 Å². The minimum atomic E-state index is -0.422. The third-order valence-corrected chi connectivity index (χ3v) is 2.31. The first-order valence-electron chi connectivity index (χ1n) is 5.67. The number of anilines is 1. The van der Waals surface area contributed by atoms with Gasteiger partial charge in [-0.15, -0.1) is 6.58 Å². The first-order chi connectivity index (χ1) is 8.74. The summed E-state index contributed by atoms with van der Waals surface area (Å²) in [6.07, 6.45) is 1.66. The number of hydrogen-bond donors (Lipinski definition) is 1. The smallest absolute Gasteiger partial charge is 0.348 e. The molecule has 0 amide bonds. The highest BCUT2D eigenvalue weighted by Crippen LogP contribution is 2.18. The van der Waals surface area contributed by atoms with Gasteiger partial charge in [0.15, 0.2) is 0 Å². The molecule has 0 saturated heterocycles. The lowest BCUT2D eigenvalue weighted by Crippen LogP contribution is -2.08. The summed E-state index contributed by atoms with van der Waals surface area (Å²) >= 11 is 0. The Labute approximate surface area is 104 Å². The van der Waals surface area contributed by atoms with Gasteiger partial charge in [-0.25, -0.2) is 4.79 Å². The minimum absolute atomic E-state index is 0.182. The minimum Gasteiger partial charge on any atom is -0.494 e. The molecule has 1 aromatic heterocycles. The molecule has 2 aromatic rings. The molecule has 0 radical (unpaired) electrons. The Morgan fingerprint density at radius 1 is 1.56 bits per heavy atom. The van der Waals surface area contributed by atoms with E-state index in [-0.39, 0.29) is 6.01 Å². The van der Waals surface area contributed by atoms with Gasteiger partial charge in [0.2, 0.25) is 0 Å². The third kappa shape index (κ3) is 2.51. The summed E-state index contributed by atoms with van der Waals surface area (Å²) in [7, 11) is 0. The van der Waals surface area contributed by atoms with Gasteiger partial charge in [0.1, 0.15) is 5.75 Å². The molecule has 0 aliphatic carbocycles. The zero-order chi connectivity index (χ0) is 13.0. The number of rotatable bonds is 5. The fourth-order valence-corrected chi connectivity index (χ4v) is 1.54. The molecule has 18 heavy (non-hydrogen) atoms. The van der Waals surface area contributed by atoms with Gasteiger partial charge in [0.05, 0.1) is 17.5 Å². The van der Waals surface area contributed by atoms with E-state index in [0.29, 0.717) is 29.8 Å². The highest BCUT2D eigenvalue weighted by atomic mass is 16.5. The van der Waals surface area contributed by atoms with Crippen molar-refractivity contribution in [3.63, 3.8) is 0 Å². The second-order valence-corrected chi connectivity index (χ2v) is 3.59. The molecule has 1 N–H and O–H groups in total. The highest BCUT2D eigenvalue weighted by molar-refractivity contribution is 5.79. The summed E-state index contributed by atoms with van der Waals surface area (Å²) in [5, 5.41) is 3.28. The van der Waals surface area contributed by atoms with Crippen molar-refractivity contribution in [2.45, 2.75) is 6.92 Å². The van der Waals surface area contributed by atoms with E-state index in [1.807, 2.05) is 6.92 Å². The van der Waals surface area contributed by atoms with Crippen molar-refractivity contribution in [2.24, 2.45) is 0 Å². The molecule has 5 heteroatoms. The van der Waals surface area contributed by atoms with E-state index in [2.05, 4.69) is 16.9 Å². The lowest BCUT2D eigenvalue weighted by Gasteiger charge is -2.05. The summed E-state index contributed by atoms with van der Waals surface area (Å²) in [5.41, 5.74) is 0.123. The Morgan fingerprint density at radius 2 is 2.39 bits per heavy atom. The first-order valence-corrected chi connectivity index (χ1v) is 5.67. The van der Waals surface area contributed by atoms with Gasteiger partial charge < -0.3 is 14.5 Å². The number of ether oxygens (including phenoxy) is 1. The Morgan fingerprint density at radius 3 is 3.11 bits per heavy atom. The van der Waals surface area contributed by atoms with Crippen molar-refractivity contribution < 1.29 is 9.15 Å². The molecule has 1 aromatic carbocycles. The standard InChI is InChI=1S/C13H14N2O3/c1-3-7-14-13-15-11-8-9(17-4-2)5-6-10(11)12(16)18-13/h3,5-6,8H,1,4,7H2,2H3,(H,14,15). The van der Waals surface area contributed by atoms with Crippen molar-refractivity contribution in [1.82, 2.24) is 4.98 Å². The van der Waals surface area contributed by atoms with Crippen LogP contribution in [0.2, 0.25) is 0 Å². The van der Waals surface area contributed by atoms with Crippen molar-refractivity contribution in [3.05, 3.63) is 41.3 Å². The highest BCUT2D eigenvalue weighted by Gasteiger charge is 2.06. The van der Waals surface area contributed by atoms with Crippen LogP contribution in [0.5, 0.6) is 5.75 Å². The zero-order valence-electron chi connectivity index (χ0n) is 10.1. The van der Waals surface area contributed by atoms with Gasteiger partial charge in [0.25, 0.3) is 6.01 Å². The van der Waals surface area contributed by atoms with E-state index in [1.54, 1.807) is 24.3 Å². The monoisotopic (exact) mass is 246 g/mol. The van der Waals surface area contributed by atoms with Crippen molar-refractivity contribution in [1.29, 1.82) is 0 Å². The zero-order valence-corrected chi connectivity index (χ0v) is 10.1. The Kier molecular flexibility index (Phi) is 3.62. The van der Waals surface area contributed by atoms with Gasteiger partial charge in [-0.05, 0) is 19.1 Å². The number of nitrogens with one attached hydrogen (secondary N) is 1. The van der Waals surface area contributed by atoms with Crippen molar-refractivity contribution in [2.75, 3.05) is 18.5 Å². The molecule has 0 spiro atoms. The SMILES string of the molecule is C=CCNc1nc2cc(OCC)ccc2c(=O)o1. The fourth-order valence-electron chi connectivity index (χ4n) is 1.54. The van der Waals surface area contributed by atoms with E-state index in [4.69, 9.17) is 9.15 Å². The first kappa shape index (κ1) is 12.2. The van der Waals surface area contributed by atoms with Crippen LogP contribution in [0.25, 0.3) is 10.9 Å². The molecule has 0 unspecified atom stereocenters. The quantitative estimate of drug-likeness (QED) is 0.819. The van der Waals surface area contributed by atoms with E-state index in [0.717, 1.165) is 0 Å². The summed E-state index contributed by atoms with van der Waals surface area (Å²) in [6.45, 7) is 6.51. The number of aromatic nitrogens is 1. The normalized spacial score (nSPS) is 10.3. The Bertz CT molecular complexity index is 619. The molecular formula is C13H14N2O3. The van der Waals surface area contributed by atoms with Crippen LogP contribution in [0, 0.1) is 0 Å². The number of benzene rings is 1. The predicted molar refractivity (Wildman–Crippen MR) is 70.1 cm³/mol. The van der Waals surface area contributed by atoms with Crippen LogP contribution in [-0.4, -0.2) is 18.1 Å². The van der Waals surface area contributed by atoms with Crippen molar-refractivity contribution in [3.8, 4) is 5.75 Å². The molecule has 1 heterocycles. The number of fused-ring (bicyclic) bond motifs is 1. The molecule has 2 rings (SSSR count). The molecule has 0 fully saturated rings. The van der Waals surface area contributed by atoms with Crippen LogP contribution in [-0.2, 0) is 0 Å². The van der Waals surface area contributed by atoms with Gasteiger partial charge in [0, 0.05) is 12.6 Å². The maximum absolute atomic E-state index is 11.7. The Balaban J connectivity index is 2.46. The van der Waals surface area contributed by atoms with Crippen LogP contribution in [0.1, 0.15) is 6.92 Å². The third-order valence-electron chi connectivity index (χ3n) is 2.31. The van der Waals surface area contributed by atoms with Gasteiger partial charge in [-0.2, -0.15) is 4.98 Å². The largest absolute Gasteiger partial charge is 0.494 e. The second kappa shape index (κ2) is 5.35. The number of nitrogens with zero attached hydrogens (tertiary/aromatic N) is 1. The molecule has 0 atom stereocenters. The van der Waals surface area contributed by atoms with E-state index in [9.17, 15) is 4.79 Å². The van der Waals surface area contributed by atoms with E-state index < -0.39 is 5.63 Å². The van der Waals surface area contributed by atoms with Crippen LogP contribution < -0.4 is 15.7 Å². The summed E-state index contributed by atoms with van der Waals surface area (Å²) < 4.78 is 10.4. The number of hydrogen-bond acceptors (Lipinski definition) is 5. The molecule has 0 aliphatic heterocycles. The lowest BCUT2D eigenvalue weighted by atomic mass is 10.2. The molecule has 0 bridgehead atoms. The lowest BCUT2D eigenvalue weighted by molar-refractivity contribution is 0.340. The van der Waals surface area contributed by atoms with Gasteiger partial charge in [-0.1, -0.05) is 6.08 Å². The second-order valence-electron chi connectivity index (χ2n) is 3.59. The van der Waals surface area contributed by atoms with E-state index in [1.165, 1.54) is 0 Å². The van der Waals surface area contributed by atoms with Gasteiger partial charge >= 0.3 is 5.63 Å². The molecule has 5 nitrogen and oxygen atoms in total. The summed E-state index contributed by atoms with van der Waals surface area (Å²) in [4.78, 5) is 15.9. The fraction of sp³-hybridized carbons (Fsp3) is 0.231. The van der Waals surface area contributed by atoms with Gasteiger partial charge in [-0.3, -0.25) is 0 Å². The van der Waals surface area contributed by atoms with Crippen LogP contribution >= 0.6 is 0 Å². The average Bonchev–Trinajstić information content (AvgIpc) is 2.36. The molecule has 0 saturated carbocycles.